The van der Waals surface area contributed by atoms with Crippen LogP contribution in [0.2, 0.25) is 5.15 Å². The van der Waals surface area contributed by atoms with Crippen LogP contribution in [0.3, 0.4) is 0 Å². The van der Waals surface area contributed by atoms with E-state index >= 15 is 0 Å². The number of hydrogen-bond donors (Lipinski definition) is 0. The Morgan fingerprint density at radius 3 is 3.05 bits per heavy atom. The molecule has 1 atom stereocenters. The molecule has 0 saturated carbocycles. The lowest BCUT2D eigenvalue weighted by Crippen LogP contribution is -2.43. The van der Waals surface area contributed by atoms with Gasteiger partial charge in [-0.2, -0.15) is 0 Å². The first-order chi connectivity index (χ1) is 9.60. The second-order valence-electron chi connectivity index (χ2n) is 5.21. The van der Waals surface area contributed by atoms with E-state index in [1.54, 1.807) is 12.1 Å². The van der Waals surface area contributed by atoms with Gasteiger partial charge in [0.15, 0.2) is 0 Å². The average molecular weight is 297 g/mol. The van der Waals surface area contributed by atoms with Crippen molar-refractivity contribution in [3.63, 3.8) is 0 Å². The second-order valence-corrected chi connectivity index (χ2v) is 5.59. The van der Waals surface area contributed by atoms with E-state index in [9.17, 15) is 4.79 Å². The van der Waals surface area contributed by atoms with Crippen molar-refractivity contribution < 1.29 is 9.53 Å². The summed E-state index contributed by atoms with van der Waals surface area (Å²) >= 11 is 5.92. The molecular formula is C15H21ClN2O2. The van der Waals surface area contributed by atoms with Crippen LogP contribution >= 0.6 is 11.6 Å². The number of hydrogen-bond acceptors (Lipinski definition) is 3. The molecule has 0 spiro atoms. The van der Waals surface area contributed by atoms with Gasteiger partial charge in [-0.1, -0.05) is 18.5 Å². The summed E-state index contributed by atoms with van der Waals surface area (Å²) < 4.78 is 5.76. The van der Waals surface area contributed by atoms with Crippen LogP contribution in [0, 0.1) is 6.92 Å². The van der Waals surface area contributed by atoms with E-state index in [2.05, 4.69) is 11.9 Å². The zero-order chi connectivity index (χ0) is 14.5. The van der Waals surface area contributed by atoms with E-state index in [-0.39, 0.29) is 12.0 Å². The van der Waals surface area contributed by atoms with Crippen LogP contribution in [-0.4, -0.2) is 41.6 Å². The fourth-order valence-electron chi connectivity index (χ4n) is 2.48. The summed E-state index contributed by atoms with van der Waals surface area (Å²) in [6.07, 6.45) is 3.17. The third-order valence-corrected chi connectivity index (χ3v) is 3.59. The molecule has 0 aromatic carbocycles. The smallest absolute Gasteiger partial charge is 0.254 e. The number of likely N-dealkylation sites (tertiary alicyclic amines) is 1. The van der Waals surface area contributed by atoms with Gasteiger partial charge in [0.2, 0.25) is 0 Å². The van der Waals surface area contributed by atoms with Gasteiger partial charge in [0.1, 0.15) is 5.15 Å². The van der Waals surface area contributed by atoms with Crippen molar-refractivity contribution in [2.45, 2.75) is 39.2 Å². The molecule has 5 heteroatoms. The maximum Gasteiger partial charge on any atom is 0.254 e. The van der Waals surface area contributed by atoms with Crippen molar-refractivity contribution in [1.29, 1.82) is 0 Å². The molecule has 110 valence electrons. The average Bonchev–Trinajstić information content (AvgIpc) is 2.43. The zero-order valence-corrected chi connectivity index (χ0v) is 12.8. The Balaban J connectivity index is 2.04. The third kappa shape index (κ3) is 3.93. The number of ether oxygens (including phenoxy) is 1. The Morgan fingerprint density at radius 2 is 2.35 bits per heavy atom. The van der Waals surface area contributed by atoms with Crippen molar-refractivity contribution in [3.8, 4) is 0 Å². The summed E-state index contributed by atoms with van der Waals surface area (Å²) in [6, 6.07) is 3.41. The molecule has 4 nitrogen and oxygen atoms in total. The Kier molecular flexibility index (Phi) is 5.38. The molecule has 0 radical (unpaired) electrons. The van der Waals surface area contributed by atoms with Gasteiger partial charge in [0.25, 0.3) is 5.91 Å². The maximum absolute atomic E-state index is 12.5. The van der Waals surface area contributed by atoms with Crippen molar-refractivity contribution in [1.82, 2.24) is 9.88 Å². The number of aryl methyl sites for hydroxylation is 1. The highest BCUT2D eigenvalue weighted by Gasteiger charge is 2.25. The molecule has 1 aromatic rings. The molecule has 1 amide bonds. The van der Waals surface area contributed by atoms with Crippen LogP contribution < -0.4 is 0 Å². The van der Waals surface area contributed by atoms with E-state index in [0.717, 1.165) is 38.1 Å². The van der Waals surface area contributed by atoms with Crippen LogP contribution in [0.5, 0.6) is 0 Å². The first-order valence-corrected chi connectivity index (χ1v) is 7.53. The van der Waals surface area contributed by atoms with Crippen LogP contribution in [0.1, 0.15) is 42.2 Å². The SMILES string of the molecule is CCCOC1CCCN(C(=O)c2cc(C)nc(Cl)c2)C1. The summed E-state index contributed by atoms with van der Waals surface area (Å²) in [4.78, 5) is 18.5. The number of aromatic nitrogens is 1. The number of nitrogens with zero attached hydrogens (tertiary/aromatic N) is 2. The monoisotopic (exact) mass is 296 g/mol. The number of pyridine rings is 1. The molecule has 20 heavy (non-hydrogen) atoms. The molecule has 1 aromatic heterocycles. The highest BCUT2D eigenvalue weighted by atomic mass is 35.5. The predicted molar refractivity (Wildman–Crippen MR) is 79.2 cm³/mol. The van der Waals surface area contributed by atoms with Crippen LogP contribution in [-0.2, 0) is 4.74 Å². The summed E-state index contributed by atoms with van der Waals surface area (Å²) in [7, 11) is 0. The van der Waals surface area contributed by atoms with Gasteiger partial charge in [0, 0.05) is 31.0 Å². The Labute approximate surface area is 125 Å². The van der Waals surface area contributed by atoms with E-state index in [1.807, 2.05) is 11.8 Å². The molecule has 1 aliphatic heterocycles. The fraction of sp³-hybridized carbons (Fsp3) is 0.600. The van der Waals surface area contributed by atoms with Crippen LogP contribution in [0.25, 0.3) is 0 Å². The topological polar surface area (TPSA) is 42.4 Å². The molecule has 0 aliphatic carbocycles. The first-order valence-electron chi connectivity index (χ1n) is 7.15. The molecule has 2 heterocycles. The van der Waals surface area contributed by atoms with Gasteiger partial charge >= 0.3 is 0 Å². The molecule has 1 saturated heterocycles. The second kappa shape index (κ2) is 7.04. The highest BCUT2D eigenvalue weighted by Crippen LogP contribution is 2.18. The van der Waals surface area contributed by atoms with E-state index < -0.39 is 0 Å². The quantitative estimate of drug-likeness (QED) is 0.802. The minimum Gasteiger partial charge on any atom is -0.376 e. The summed E-state index contributed by atoms with van der Waals surface area (Å²) in [6.45, 7) is 6.13. The van der Waals surface area contributed by atoms with Gasteiger partial charge in [-0.3, -0.25) is 4.79 Å². The molecule has 1 aliphatic rings. The first kappa shape index (κ1) is 15.3. The van der Waals surface area contributed by atoms with Gasteiger partial charge in [-0.15, -0.1) is 0 Å². The van der Waals surface area contributed by atoms with E-state index in [1.165, 1.54) is 0 Å². The van der Waals surface area contributed by atoms with Crippen molar-refractivity contribution in [2.24, 2.45) is 0 Å². The molecule has 0 N–H and O–H groups in total. The molecule has 2 rings (SSSR count). The van der Waals surface area contributed by atoms with Gasteiger partial charge < -0.3 is 9.64 Å². The lowest BCUT2D eigenvalue weighted by molar-refractivity contribution is 0.00211. The third-order valence-electron chi connectivity index (χ3n) is 3.39. The van der Waals surface area contributed by atoms with Crippen molar-refractivity contribution in [2.75, 3.05) is 19.7 Å². The molecule has 1 unspecified atom stereocenters. The van der Waals surface area contributed by atoms with Crippen molar-refractivity contribution >= 4 is 17.5 Å². The van der Waals surface area contributed by atoms with E-state index in [0.29, 0.717) is 17.3 Å². The molecular weight excluding hydrogens is 276 g/mol. The summed E-state index contributed by atoms with van der Waals surface area (Å²) in [5.41, 5.74) is 1.37. The van der Waals surface area contributed by atoms with Gasteiger partial charge in [-0.25, -0.2) is 4.98 Å². The lowest BCUT2D eigenvalue weighted by atomic mass is 10.1. The minimum atomic E-state index is 0.0159. The number of amides is 1. The highest BCUT2D eigenvalue weighted by molar-refractivity contribution is 6.29. The largest absolute Gasteiger partial charge is 0.376 e. The van der Waals surface area contributed by atoms with E-state index in [4.69, 9.17) is 16.3 Å². The number of rotatable bonds is 4. The molecule has 0 bridgehead atoms. The maximum atomic E-state index is 12.5. The summed E-state index contributed by atoms with van der Waals surface area (Å²) in [5.74, 6) is 0.0159. The zero-order valence-electron chi connectivity index (χ0n) is 12.1. The number of halogens is 1. The van der Waals surface area contributed by atoms with Crippen LogP contribution in [0.15, 0.2) is 12.1 Å². The Morgan fingerprint density at radius 1 is 1.55 bits per heavy atom. The minimum absolute atomic E-state index is 0.0159. The van der Waals surface area contributed by atoms with Gasteiger partial charge in [-0.05, 0) is 38.3 Å². The number of carbonyl (C=O) groups excluding carboxylic acids is 1. The lowest BCUT2D eigenvalue weighted by Gasteiger charge is -2.32. The number of carbonyl (C=O) groups is 1. The standard InChI is InChI=1S/C15H21ClN2O2/c1-3-7-20-13-5-4-6-18(10-13)15(19)12-8-11(2)17-14(16)9-12/h8-9,13H,3-7,10H2,1-2H3. The predicted octanol–water partition coefficient (Wildman–Crippen LogP) is 3.07. The van der Waals surface area contributed by atoms with Crippen molar-refractivity contribution in [3.05, 3.63) is 28.5 Å². The molecule has 1 fully saturated rings. The normalized spacial score (nSPS) is 19.1. The number of piperidine rings is 1. The van der Waals surface area contributed by atoms with Crippen LogP contribution in [0.4, 0.5) is 0 Å². The summed E-state index contributed by atoms with van der Waals surface area (Å²) in [5, 5.41) is 0.365. The Hall–Kier alpha value is -1.13. The van der Waals surface area contributed by atoms with Gasteiger partial charge in [0.05, 0.1) is 6.10 Å². The fourth-order valence-corrected chi connectivity index (χ4v) is 2.73. The Bertz CT molecular complexity index is 459.